The van der Waals surface area contributed by atoms with Crippen LogP contribution in [0.4, 0.5) is 4.79 Å². The summed E-state index contributed by atoms with van der Waals surface area (Å²) in [5.41, 5.74) is -0.957. The average Bonchev–Trinajstić information content (AvgIpc) is 2.91. The number of ether oxygens (including phenoxy) is 2. The number of carbonyl (C=O) groups excluding carboxylic acids is 2. The molecular weight excluding hydrogens is 282 g/mol. The van der Waals surface area contributed by atoms with Gasteiger partial charge in [-0.25, -0.2) is 9.59 Å². The first-order valence-electron chi connectivity index (χ1n) is 7.46. The number of hydrogen-bond acceptors (Lipinski definition) is 4. The number of nitrogens with zero attached hydrogens (tertiary/aromatic N) is 1. The maximum absolute atomic E-state index is 12.6. The van der Waals surface area contributed by atoms with Gasteiger partial charge >= 0.3 is 12.1 Å². The minimum absolute atomic E-state index is 0.429. The molecular formula is C17H23NO4. The Bertz CT molecular complexity index is 550. The fourth-order valence-electron chi connectivity index (χ4n) is 2.90. The Kier molecular flexibility index (Phi) is 4.44. The summed E-state index contributed by atoms with van der Waals surface area (Å²) in [7, 11) is 1.35. The van der Waals surface area contributed by atoms with Gasteiger partial charge in [0, 0.05) is 6.54 Å². The summed E-state index contributed by atoms with van der Waals surface area (Å²) in [6.45, 7) is 5.90. The summed E-state index contributed by atoms with van der Waals surface area (Å²) in [5.74, 6) is -0.429. The topological polar surface area (TPSA) is 55.8 Å². The molecule has 5 nitrogen and oxygen atoms in total. The lowest BCUT2D eigenvalue weighted by Crippen LogP contribution is -2.52. The number of rotatable bonds is 2. The molecule has 1 aliphatic heterocycles. The third kappa shape index (κ3) is 2.93. The van der Waals surface area contributed by atoms with Crippen LogP contribution in [0.25, 0.3) is 0 Å². The Labute approximate surface area is 131 Å². The van der Waals surface area contributed by atoms with Crippen LogP contribution >= 0.6 is 0 Å². The van der Waals surface area contributed by atoms with Gasteiger partial charge in [0.25, 0.3) is 0 Å². The van der Waals surface area contributed by atoms with Crippen LogP contribution in [0.2, 0.25) is 0 Å². The van der Waals surface area contributed by atoms with Gasteiger partial charge in [-0.05, 0) is 39.2 Å². The van der Waals surface area contributed by atoms with Gasteiger partial charge in [0.2, 0.25) is 0 Å². The van der Waals surface area contributed by atoms with Gasteiger partial charge in [0.1, 0.15) is 5.60 Å². The van der Waals surface area contributed by atoms with Gasteiger partial charge in [0.05, 0.1) is 7.11 Å². The first-order valence-corrected chi connectivity index (χ1v) is 7.46. The Morgan fingerprint density at radius 1 is 1.18 bits per heavy atom. The summed E-state index contributed by atoms with van der Waals surface area (Å²) in [6, 6.07) is 9.28. The predicted octanol–water partition coefficient (Wildman–Crippen LogP) is 3.09. The molecule has 1 atom stereocenters. The minimum atomic E-state index is -1.10. The zero-order valence-corrected chi connectivity index (χ0v) is 13.6. The number of benzene rings is 1. The van der Waals surface area contributed by atoms with E-state index in [2.05, 4.69) is 0 Å². The molecule has 1 fully saturated rings. The van der Waals surface area contributed by atoms with E-state index >= 15 is 0 Å². The average molecular weight is 305 g/mol. The van der Waals surface area contributed by atoms with E-state index in [1.807, 2.05) is 51.1 Å². The molecule has 120 valence electrons. The molecule has 0 bridgehead atoms. The number of hydrogen-bond donors (Lipinski definition) is 0. The molecule has 1 aliphatic rings. The van der Waals surface area contributed by atoms with E-state index in [4.69, 9.17) is 9.47 Å². The van der Waals surface area contributed by atoms with Crippen molar-refractivity contribution in [2.45, 2.75) is 44.8 Å². The van der Waals surface area contributed by atoms with Gasteiger partial charge < -0.3 is 9.47 Å². The summed E-state index contributed by atoms with van der Waals surface area (Å²) in [6.07, 6.45) is 0.769. The highest BCUT2D eigenvalue weighted by Gasteiger charge is 2.53. The van der Waals surface area contributed by atoms with Crippen molar-refractivity contribution >= 4 is 12.1 Å². The molecule has 1 heterocycles. The Hall–Kier alpha value is -2.04. The third-order valence-corrected chi connectivity index (χ3v) is 3.77. The molecule has 1 aromatic rings. The fraction of sp³-hybridized carbons (Fsp3) is 0.529. The van der Waals surface area contributed by atoms with E-state index in [-0.39, 0.29) is 0 Å². The summed E-state index contributed by atoms with van der Waals surface area (Å²) >= 11 is 0. The Morgan fingerprint density at radius 3 is 2.36 bits per heavy atom. The van der Waals surface area contributed by atoms with Gasteiger partial charge in [-0.15, -0.1) is 0 Å². The van der Waals surface area contributed by atoms with Crippen LogP contribution in [0, 0.1) is 0 Å². The largest absolute Gasteiger partial charge is 0.467 e. The van der Waals surface area contributed by atoms with Crippen molar-refractivity contribution in [3.63, 3.8) is 0 Å². The molecule has 0 aromatic heterocycles. The van der Waals surface area contributed by atoms with Crippen molar-refractivity contribution < 1.29 is 19.1 Å². The highest BCUT2D eigenvalue weighted by atomic mass is 16.6. The van der Waals surface area contributed by atoms with Gasteiger partial charge in [-0.3, -0.25) is 4.90 Å². The van der Waals surface area contributed by atoms with E-state index in [1.165, 1.54) is 12.0 Å². The van der Waals surface area contributed by atoms with Crippen LogP contribution in [0.1, 0.15) is 39.2 Å². The second-order valence-corrected chi connectivity index (χ2v) is 6.45. The standard InChI is InChI=1S/C17H23NO4/c1-16(2,3)22-15(20)18-12-8-11-17(18,14(19)21-4)13-9-6-5-7-10-13/h5-7,9-10H,8,11-12H2,1-4H3/t17-/m0/s1. The molecule has 0 N–H and O–H groups in total. The van der Waals surface area contributed by atoms with Crippen LogP contribution in [-0.2, 0) is 19.8 Å². The number of amides is 1. The fourth-order valence-corrected chi connectivity index (χ4v) is 2.90. The van der Waals surface area contributed by atoms with E-state index in [1.54, 1.807) is 0 Å². The summed E-state index contributed by atoms with van der Waals surface area (Å²) < 4.78 is 10.5. The molecule has 1 amide bonds. The van der Waals surface area contributed by atoms with Crippen LogP contribution in [0.5, 0.6) is 0 Å². The molecule has 0 aliphatic carbocycles. The van der Waals surface area contributed by atoms with E-state index in [0.29, 0.717) is 13.0 Å². The minimum Gasteiger partial charge on any atom is -0.467 e. The molecule has 22 heavy (non-hydrogen) atoms. The molecule has 2 rings (SSSR count). The van der Waals surface area contributed by atoms with Crippen LogP contribution in [-0.4, -0.2) is 36.2 Å². The number of likely N-dealkylation sites (tertiary alicyclic amines) is 1. The normalized spacial score (nSPS) is 21.5. The number of methoxy groups -OCH3 is 1. The maximum Gasteiger partial charge on any atom is 0.411 e. The monoisotopic (exact) mass is 305 g/mol. The highest BCUT2D eigenvalue weighted by Crippen LogP contribution is 2.40. The van der Waals surface area contributed by atoms with Crippen molar-refractivity contribution in [1.29, 1.82) is 0 Å². The zero-order valence-electron chi connectivity index (χ0n) is 13.6. The van der Waals surface area contributed by atoms with Gasteiger partial charge in [-0.1, -0.05) is 30.3 Å². The number of esters is 1. The molecule has 1 aromatic carbocycles. The van der Waals surface area contributed by atoms with E-state index in [9.17, 15) is 9.59 Å². The van der Waals surface area contributed by atoms with Crippen LogP contribution < -0.4 is 0 Å². The quantitative estimate of drug-likeness (QED) is 0.788. The summed E-state index contributed by atoms with van der Waals surface area (Å²) in [4.78, 5) is 26.6. The van der Waals surface area contributed by atoms with Crippen molar-refractivity contribution in [2.24, 2.45) is 0 Å². The molecule has 0 unspecified atom stereocenters. The van der Waals surface area contributed by atoms with Gasteiger partial charge in [0.15, 0.2) is 5.54 Å². The number of carbonyl (C=O) groups is 2. The Balaban J connectivity index is 2.44. The first-order chi connectivity index (χ1) is 10.3. The maximum atomic E-state index is 12.6. The molecule has 5 heteroatoms. The van der Waals surface area contributed by atoms with Crippen LogP contribution in [0.3, 0.4) is 0 Å². The van der Waals surface area contributed by atoms with Crippen molar-refractivity contribution in [2.75, 3.05) is 13.7 Å². The molecule has 0 saturated carbocycles. The summed E-state index contributed by atoms with van der Waals surface area (Å²) in [5, 5.41) is 0. The second-order valence-electron chi connectivity index (χ2n) is 6.45. The zero-order chi connectivity index (χ0) is 16.4. The molecule has 0 radical (unpaired) electrons. The lowest BCUT2D eigenvalue weighted by atomic mass is 9.87. The van der Waals surface area contributed by atoms with Crippen molar-refractivity contribution in [1.82, 2.24) is 4.90 Å². The lowest BCUT2D eigenvalue weighted by molar-refractivity contribution is -0.154. The van der Waals surface area contributed by atoms with E-state index < -0.39 is 23.2 Å². The van der Waals surface area contributed by atoms with Crippen molar-refractivity contribution in [3.05, 3.63) is 35.9 Å². The van der Waals surface area contributed by atoms with Crippen molar-refractivity contribution in [3.8, 4) is 0 Å². The van der Waals surface area contributed by atoms with Crippen LogP contribution in [0.15, 0.2) is 30.3 Å². The highest BCUT2D eigenvalue weighted by molar-refractivity contribution is 5.88. The second kappa shape index (κ2) is 5.99. The predicted molar refractivity (Wildman–Crippen MR) is 82.3 cm³/mol. The lowest BCUT2D eigenvalue weighted by Gasteiger charge is -2.37. The smallest absolute Gasteiger partial charge is 0.411 e. The third-order valence-electron chi connectivity index (χ3n) is 3.77. The SMILES string of the molecule is COC(=O)[C@@]1(c2ccccc2)CCCN1C(=O)OC(C)(C)C. The van der Waals surface area contributed by atoms with Gasteiger partial charge in [-0.2, -0.15) is 0 Å². The first kappa shape index (κ1) is 16.3. The van der Waals surface area contributed by atoms with E-state index in [0.717, 1.165) is 12.0 Å². The molecule has 0 spiro atoms. The Morgan fingerprint density at radius 2 is 1.82 bits per heavy atom. The molecule has 1 saturated heterocycles.